The SMILES string of the molecule is CN(C)c1cccc(C(=O)N2CCN(CCBr)CC2)c1. The molecular weight excluding hydrogens is 318 g/mol. The Kier molecular flexibility index (Phi) is 5.43. The minimum atomic E-state index is 0.146. The van der Waals surface area contributed by atoms with Gasteiger partial charge in [-0.15, -0.1) is 0 Å². The van der Waals surface area contributed by atoms with Crippen LogP contribution in [0.3, 0.4) is 0 Å². The highest BCUT2D eigenvalue weighted by atomic mass is 79.9. The Bertz CT molecular complexity index is 456. The van der Waals surface area contributed by atoms with Gasteiger partial charge in [0, 0.05) is 63.4 Å². The minimum Gasteiger partial charge on any atom is -0.378 e. The van der Waals surface area contributed by atoms with Crippen LogP contribution in [-0.4, -0.2) is 67.9 Å². The van der Waals surface area contributed by atoms with E-state index in [0.29, 0.717) is 0 Å². The summed E-state index contributed by atoms with van der Waals surface area (Å²) in [5.41, 5.74) is 1.85. The van der Waals surface area contributed by atoms with E-state index in [1.54, 1.807) is 0 Å². The van der Waals surface area contributed by atoms with Crippen LogP contribution < -0.4 is 4.90 Å². The van der Waals surface area contributed by atoms with E-state index in [2.05, 4.69) is 20.8 Å². The fourth-order valence-corrected chi connectivity index (χ4v) is 2.90. The first-order valence-corrected chi connectivity index (χ1v) is 8.09. The molecule has 20 heavy (non-hydrogen) atoms. The molecule has 2 rings (SSSR count). The number of carbonyl (C=O) groups excluding carboxylic acids is 1. The Morgan fingerprint density at radius 3 is 2.55 bits per heavy atom. The number of hydrogen-bond acceptors (Lipinski definition) is 3. The first-order valence-electron chi connectivity index (χ1n) is 6.97. The van der Waals surface area contributed by atoms with Gasteiger partial charge in [-0.1, -0.05) is 22.0 Å². The van der Waals surface area contributed by atoms with E-state index >= 15 is 0 Å². The van der Waals surface area contributed by atoms with Crippen molar-refractivity contribution < 1.29 is 4.79 Å². The molecular formula is C15H22BrN3O. The highest BCUT2D eigenvalue weighted by Crippen LogP contribution is 2.16. The molecule has 0 unspecified atom stereocenters. The first-order chi connectivity index (χ1) is 9.61. The zero-order valence-corrected chi connectivity index (χ0v) is 13.8. The van der Waals surface area contributed by atoms with Gasteiger partial charge in [0.1, 0.15) is 0 Å². The van der Waals surface area contributed by atoms with Gasteiger partial charge in [0.15, 0.2) is 0 Å². The number of hydrogen-bond donors (Lipinski definition) is 0. The summed E-state index contributed by atoms with van der Waals surface area (Å²) in [4.78, 5) is 18.9. The molecule has 0 aromatic heterocycles. The molecule has 0 aliphatic carbocycles. The van der Waals surface area contributed by atoms with Crippen molar-refractivity contribution in [2.24, 2.45) is 0 Å². The van der Waals surface area contributed by atoms with Crippen LogP contribution in [0.4, 0.5) is 5.69 Å². The van der Waals surface area contributed by atoms with Crippen LogP contribution in [0.15, 0.2) is 24.3 Å². The molecule has 1 amide bonds. The molecule has 1 aliphatic rings. The number of nitrogens with zero attached hydrogens (tertiary/aromatic N) is 3. The maximum atomic E-state index is 12.5. The first kappa shape index (κ1) is 15.3. The number of amides is 1. The average molecular weight is 340 g/mol. The Morgan fingerprint density at radius 1 is 1.25 bits per heavy atom. The van der Waals surface area contributed by atoms with Crippen LogP contribution in [0, 0.1) is 0 Å². The zero-order chi connectivity index (χ0) is 14.5. The molecule has 0 saturated carbocycles. The van der Waals surface area contributed by atoms with E-state index < -0.39 is 0 Å². The van der Waals surface area contributed by atoms with E-state index in [0.717, 1.165) is 49.3 Å². The lowest BCUT2D eigenvalue weighted by Crippen LogP contribution is -2.49. The van der Waals surface area contributed by atoms with Gasteiger partial charge < -0.3 is 9.80 Å². The zero-order valence-electron chi connectivity index (χ0n) is 12.2. The molecule has 0 spiro atoms. The summed E-state index contributed by atoms with van der Waals surface area (Å²) >= 11 is 3.46. The number of alkyl halides is 1. The molecule has 1 heterocycles. The standard InChI is InChI=1S/C15H22BrN3O/c1-17(2)14-5-3-4-13(12-14)15(20)19-10-8-18(7-6-16)9-11-19/h3-5,12H,6-11H2,1-2H3. The van der Waals surface area contributed by atoms with Gasteiger partial charge in [0.05, 0.1) is 0 Å². The summed E-state index contributed by atoms with van der Waals surface area (Å²) in [6.07, 6.45) is 0. The maximum Gasteiger partial charge on any atom is 0.254 e. The molecule has 0 atom stereocenters. The third-order valence-corrected chi connectivity index (χ3v) is 4.02. The van der Waals surface area contributed by atoms with Gasteiger partial charge in [-0.3, -0.25) is 9.69 Å². The van der Waals surface area contributed by atoms with Gasteiger partial charge in [-0.25, -0.2) is 0 Å². The van der Waals surface area contributed by atoms with Gasteiger partial charge in [0.2, 0.25) is 0 Å². The van der Waals surface area contributed by atoms with Crippen LogP contribution in [0.25, 0.3) is 0 Å². The Labute approximate surface area is 129 Å². The van der Waals surface area contributed by atoms with Crippen LogP contribution in [0.1, 0.15) is 10.4 Å². The summed E-state index contributed by atoms with van der Waals surface area (Å²) in [6, 6.07) is 7.84. The predicted molar refractivity (Wildman–Crippen MR) is 86.9 cm³/mol. The molecule has 4 nitrogen and oxygen atoms in total. The molecule has 1 aromatic carbocycles. The minimum absolute atomic E-state index is 0.146. The Hall–Kier alpha value is -1.07. The van der Waals surface area contributed by atoms with Gasteiger partial charge in [-0.2, -0.15) is 0 Å². The number of rotatable bonds is 4. The quantitative estimate of drug-likeness (QED) is 0.784. The average Bonchev–Trinajstić information content (AvgIpc) is 2.48. The highest BCUT2D eigenvalue weighted by molar-refractivity contribution is 9.09. The van der Waals surface area contributed by atoms with Crippen LogP contribution in [-0.2, 0) is 0 Å². The summed E-state index contributed by atoms with van der Waals surface area (Å²) in [6.45, 7) is 4.61. The second-order valence-corrected chi connectivity index (χ2v) is 6.06. The summed E-state index contributed by atoms with van der Waals surface area (Å²) in [5, 5.41) is 0.992. The lowest BCUT2D eigenvalue weighted by Gasteiger charge is -2.34. The van der Waals surface area contributed by atoms with Gasteiger partial charge in [0.25, 0.3) is 5.91 Å². The van der Waals surface area contributed by atoms with E-state index in [4.69, 9.17) is 0 Å². The number of piperazine rings is 1. The lowest BCUT2D eigenvalue weighted by atomic mass is 10.1. The normalized spacial score (nSPS) is 16.2. The fourth-order valence-electron chi connectivity index (χ4n) is 2.39. The van der Waals surface area contributed by atoms with Crippen molar-refractivity contribution in [2.75, 3.05) is 57.0 Å². The van der Waals surface area contributed by atoms with Crippen LogP contribution in [0.2, 0.25) is 0 Å². The maximum absolute atomic E-state index is 12.5. The van der Waals surface area contributed by atoms with Crippen molar-refractivity contribution in [1.29, 1.82) is 0 Å². The van der Waals surface area contributed by atoms with Crippen LogP contribution in [0.5, 0.6) is 0 Å². The number of benzene rings is 1. The van der Waals surface area contributed by atoms with E-state index in [9.17, 15) is 4.79 Å². The second kappa shape index (κ2) is 7.09. The summed E-state index contributed by atoms with van der Waals surface area (Å²) < 4.78 is 0. The topological polar surface area (TPSA) is 26.8 Å². The molecule has 1 saturated heterocycles. The molecule has 0 bridgehead atoms. The van der Waals surface area contributed by atoms with Gasteiger partial charge in [-0.05, 0) is 18.2 Å². The molecule has 0 N–H and O–H groups in total. The smallest absolute Gasteiger partial charge is 0.254 e. The Morgan fingerprint density at radius 2 is 1.95 bits per heavy atom. The van der Waals surface area contributed by atoms with Crippen molar-refractivity contribution in [3.05, 3.63) is 29.8 Å². The predicted octanol–water partition coefficient (Wildman–Crippen LogP) is 1.91. The summed E-state index contributed by atoms with van der Waals surface area (Å²) in [7, 11) is 3.98. The van der Waals surface area contributed by atoms with Crippen molar-refractivity contribution in [3.8, 4) is 0 Å². The van der Waals surface area contributed by atoms with Crippen molar-refractivity contribution in [1.82, 2.24) is 9.80 Å². The van der Waals surface area contributed by atoms with Crippen LogP contribution >= 0.6 is 15.9 Å². The third kappa shape index (κ3) is 3.73. The van der Waals surface area contributed by atoms with Gasteiger partial charge >= 0.3 is 0 Å². The van der Waals surface area contributed by atoms with Crippen molar-refractivity contribution in [2.45, 2.75) is 0 Å². The number of carbonyl (C=O) groups is 1. The molecule has 5 heteroatoms. The molecule has 110 valence electrons. The molecule has 0 radical (unpaired) electrons. The second-order valence-electron chi connectivity index (χ2n) is 5.27. The molecule has 1 fully saturated rings. The lowest BCUT2D eigenvalue weighted by molar-refractivity contribution is 0.0645. The monoisotopic (exact) mass is 339 g/mol. The van der Waals surface area contributed by atoms with E-state index in [1.807, 2.05) is 48.2 Å². The van der Waals surface area contributed by atoms with Crippen molar-refractivity contribution in [3.63, 3.8) is 0 Å². The highest BCUT2D eigenvalue weighted by Gasteiger charge is 2.21. The molecule has 1 aromatic rings. The third-order valence-electron chi connectivity index (χ3n) is 3.67. The summed E-state index contributed by atoms with van der Waals surface area (Å²) in [5.74, 6) is 0.146. The Balaban J connectivity index is 2.00. The number of halogens is 1. The number of anilines is 1. The largest absolute Gasteiger partial charge is 0.378 e. The van der Waals surface area contributed by atoms with Crippen molar-refractivity contribution >= 4 is 27.5 Å². The van der Waals surface area contributed by atoms with E-state index in [-0.39, 0.29) is 5.91 Å². The van der Waals surface area contributed by atoms with E-state index in [1.165, 1.54) is 0 Å². The fraction of sp³-hybridized carbons (Fsp3) is 0.533. The molecule has 1 aliphatic heterocycles.